The van der Waals surface area contributed by atoms with Gasteiger partial charge >= 0.3 is 0 Å². The molecule has 0 aliphatic carbocycles. The zero-order valence-electron chi connectivity index (χ0n) is 17.1. The van der Waals surface area contributed by atoms with Gasteiger partial charge in [-0.25, -0.2) is 4.98 Å². The van der Waals surface area contributed by atoms with Crippen LogP contribution in [-0.4, -0.2) is 33.7 Å². The van der Waals surface area contributed by atoms with Crippen LogP contribution < -0.4 is 10.9 Å². The van der Waals surface area contributed by atoms with Crippen molar-refractivity contribution in [1.29, 1.82) is 0 Å². The van der Waals surface area contributed by atoms with Crippen molar-refractivity contribution in [1.82, 2.24) is 14.5 Å². The zero-order valence-corrected chi connectivity index (χ0v) is 17.1. The number of nitrogens with zero attached hydrogens (tertiary/aromatic N) is 2. The van der Waals surface area contributed by atoms with Crippen molar-refractivity contribution in [3.8, 4) is 0 Å². The molecule has 0 atom stereocenters. The van der Waals surface area contributed by atoms with Crippen LogP contribution in [0.1, 0.15) is 18.4 Å². The maximum atomic E-state index is 13.1. The Labute approximate surface area is 179 Å². The first kappa shape index (κ1) is 19.5. The highest BCUT2D eigenvalue weighted by Crippen LogP contribution is 2.20. The van der Waals surface area contributed by atoms with Crippen molar-refractivity contribution in [2.45, 2.75) is 25.8 Å². The van der Waals surface area contributed by atoms with Crippen LogP contribution in [0, 0.1) is 5.92 Å². The molecule has 1 saturated heterocycles. The molecule has 4 aromatic rings. The summed E-state index contributed by atoms with van der Waals surface area (Å²) in [6.07, 6.45) is 5.76. The molecule has 0 bridgehead atoms. The number of H-pyrrole nitrogens is 1. The highest BCUT2D eigenvalue weighted by molar-refractivity contribution is 5.94. The lowest BCUT2D eigenvalue weighted by molar-refractivity contribution is -0.122. The number of benzene rings is 2. The number of para-hydroxylation sites is 1. The third kappa shape index (κ3) is 3.96. The molecule has 7 heteroatoms. The molecule has 1 fully saturated rings. The van der Waals surface area contributed by atoms with Gasteiger partial charge in [-0.1, -0.05) is 18.2 Å². The molecule has 158 valence electrons. The maximum absolute atomic E-state index is 13.1. The van der Waals surface area contributed by atoms with E-state index in [4.69, 9.17) is 4.74 Å². The molecule has 0 radical (unpaired) electrons. The van der Waals surface area contributed by atoms with Gasteiger partial charge in [-0.05, 0) is 49.1 Å². The predicted octanol–water partition coefficient (Wildman–Crippen LogP) is 3.49. The van der Waals surface area contributed by atoms with Crippen molar-refractivity contribution in [3.05, 3.63) is 70.9 Å². The van der Waals surface area contributed by atoms with Crippen molar-refractivity contribution in [2.75, 3.05) is 18.5 Å². The number of fused-ring (bicyclic) bond motifs is 2. The quantitative estimate of drug-likeness (QED) is 0.521. The highest BCUT2D eigenvalue weighted by atomic mass is 16.5. The summed E-state index contributed by atoms with van der Waals surface area (Å²) in [7, 11) is 0. The third-order valence-electron chi connectivity index (χ3n) is 5.98. The fourth-order valence-corrected chi connectivity index (χ4v) is 4.18. The van der Waals surface area contributed by atoms with E-state index in [0.29, 0.717) is 36.3 Å². The van der Waals surface area contributed by atoms with Crippen molar-refractivity contribution in [3.63, 3.8) is 0 Å². The van der Waals surface area contributed by atoms with Crippen LogP contribution in [0.2, 0.25) is 0 Å². The fourth-order valence-electron chi connectivity index (χ4n) is 4.18. The number of carbonyl (C=O) groups is 1. The highest BCUT2D eigenvalue weighted by Gasteiger charge is 2.21. The smallest absolute Gasteiger partial charge is 0.261 e. The number of nitrogens with one attached hydrogen (secondary N) is 2. The van der Waals surface area contributed by atoms with Crippen LogP contribution in [0.15, 0.2) is 59.8 Å². The number of ether oxygens (including phenoxy) is 1. The van der Waals surface area contributed by atoms with Crippen LogP contribution in [-0.2, 0) is 22.5 Å². The Morgan fingerprint density at radius 1 is 1.16 bits per heavy atom. The van der Waals surface area contributed by atoms with Gasteiger partial charge in [-0.15, -0.1) is 0 Å². The van der Waals surface area contributed by atoms with E-state index in [1.807, 2.05) is 24.4 Å². The number of hydrogen-bond donors (Lipinski definition) is 2. The number of anilines is 1. The molecule has 2 aromatic heterocycles. The van der Waals surface area contributed by atoms with Gasteiger partial charge in [0.2, 0.25) is 5.91 Å². The Balaban J connectivity index is 1.36. The summed E-state index contributed by atoms with van der Waals surface area (Å²) in [4.78, 5) is 33.3. The van der Waals surface area contributed by atoms with Gasteiger partial charge in [0.1, 0.15) is 0 Å². The number of hydrogen-bond acceptors (Lipinski definition) is 4. The Bertz CT molecular complexity index is 1300. The molecule has 7 nitrogen and oxygen atoms in total. The van der Waals surface area contributed by atoms with E-state index in [9.17, 15) is 9.59 Å². The summed E-state index contributed by atoms with van der Waals surface area (Å²) in [5.74, 6) is -0.0719. The summed E-state index contributed by atoms with van der Waals surface area (Å²) < 4.78 is 6.96. The lowest BCUT2D eigenvalue weighted by Gasteiger charge is -2.21. The third-order valence-corrected chi connectivity index (χ3v) is 5.98. The molecule has 5 rings (SSSR count). The second-order valence-electron chi connectivity index (χ2n) is 7.96. The molecule has 1 aliphatic rings. The summed E-state index contributed by atoms with van der Waals surface area (Å²) in [6, 6.07) is 13.4. The predicted molar refractivity (Wildman–Crippen MR) is 120 cm³/mol. The topological polar surface area (TPSA) is 89.0 Å². The minimum atomic E-state index is -0.105. The van der Waals surface area contributed by atoms with Crippen LogP contribution in [0.5, 0.6) is 0 Å². The first-order chi connectivity index (χ1) is 15.2. The zero-order chi connectivity index (χ0) is 21.2. The number of carbonyl (C=O) groups excluding carboxylic acids is 1. The van der Waals surface area contributed by atoms with Gasteiger partial charge < -0.3 is 15.0 Å². The molecule has 0 spiro atoms. The van der Waals surface area contributed by atoms with E-state index in [1.54, 1.807) is 29.1 Å². The summed E-state index contributed by atoms with van der Waals surface area (Å²) in [5, 5.41) is 4.63. The molecule has 2 N–H and O–H groups in total. The Hall–Kier alpha value is -3.45. The standard InChI is InChI=1S/C24H24N4O3/c29-23(16-8-11-31-12-9-16)27-18-5-6-22-20(13-18)24(30)28(15-26-22)10-7-17-14-25-21-4-2-1-3-19(17)21/h1-6,13-16,25H,7-12H2,(H,27,29). The fraction of sp³-hybridized carbons (Fsp3) is 0.292. The van der Waals surface area contributed by atoms with E-state index in [-0.39, 0.29) is 17.4 Å². The Kier molecular flexibility index (Phi) is 5.26. The molecule has 3 heterocycles. The van der Waals surface area contributed by atoms with Crippen molar-refractivity contribution < 1.29 is 9.53 Å². The monoisotopic (exact) mass is 416 g/mol. The van der Waals surface area contributed by atoms with E-state index in [2.05, 4.69) is 21.4 Å². The molecular formula is C24H24N4O3. The first-order valence-corrected chi connectivity index (χ1v) is 10.6. The van der Waals surface area contributed by atoms with Crippen LogP contribution in [0.3, 0.4) is 0 Å². The lowest BCUT2D eigenvalue weighted by atomic mass is 9.99. The van der Waals surface area contributed by atoms with Gasteiger partial charge in [-0.2, -0.15) is 0 Å². The van der Waals surface area contributed by atoms with Gasteiger partial charge in [-0.3, -0.25) is 14.2 Å². The normalized spacial score (nSPS) is 14.8. The van der Waals surface area contributed by atoms with Gasteiger partial charge in [0.25, 0.3) is 5.56 Å². The number of aromatic nitrogens is 3. The maximum Gasteiger partial charge on any atom is 0.261 e. The minimum Gasteiger partial charge on any atom is -0.381 e. The van der Waals surface area contributed by atoms with Crippen LogP contribution >= 0.6 is 0 Å². The lowest BCUT2D eigenvalue weighted by Crippen LogP contribution is -2.28. The second kappa shape index (κ2) is 8.35. The molecule has 31 heavy (non-hydrogen) atoms. The van der Waals surface area contributed by atoms with Gasteiger partial charge in [0, 0.05) is 48.5 Å². The van der Waals surface area contributed by atoms with E-state index >= 15 is 0 Å². The first-order valence-electron chi connectivity index (χ1n) is 10.6. The van der Waals surface area contributed by atoms with Crippen molar-refractivity contribution >= 4 is 33.4 Å². The van der Waals surface area contributed by atoms with E-state index < -0.39 is 0 Å². The molecule has 2 aromatic carbocycles. The van der Waals surface area contributed by atoms with Crippen molar-refractivity contribution in [2.24, 2.45) is 5.92 Å². The Morgan fingerprint density at radius 3 is 2.87 bits per heavy atom. The number of aryl methyl sites for hydroxylation is 2. The molecule has 0 saturated carbocycles. The Morgan fingerprint density at radius 2 is 2.00 bits per heavy atom. The summed E-state index contributed by atoms with van der Waals surface area (Å²) in [5.41, 5.74) is 3.40. The van der Waals surface area contributed by atoms with Crippen LogP contribution in [0.25, 0.3) is 21.8 Å². The summed E-state index contributed by atoms with van der Waals surface area (Å²) >= 11 is 0. The van der Waals surface area contributed by atoms with E-state index in [0.717, 1.165) is 24.8 Å². The largest absolute Gasteiger partial charge is 0.381 e. The molecule has 1 amide bonds. The van der Waals surface area contributed by atoms with Gasteiger partial charge in [0.15, 0.2) is 0 Å². The number of amides is 1. The molecule has 0 unspecified atom stereocenters. The number of rotatable bonds is 5. The second-order valence-corrected chi connectivity index (χ2v) is 7.96. The average Bonchev–Trinajstić information content (AvgIpc) is 3.23. The minimum absolute atomic E-state index is 0.0220. The molecular weight excluding hydrogens is 392 g/mol. The van der Waals surface area contributed by atoms with Crippen LogP contribution in [0.4, 0.5) is 5.69 Å². The van der Waals surface area contributed by atoms with Gasteiger partial charge in [0.05, 0.1) is 17.2 Å². The number of aromatic amines is 1. The average molecular weight is 416 g/mol. The molecule has 1 aliphatic heterocycles. The summed E-state index contributed by atoms with van der Waals surface area (Å²) in [6.45, 7) is 1.75. The van der Waals surface area contributed by atoms with E-state index in [1.165, 1.54) is 10.9 Å². The SMILES string of the molecule is O=C(Nc1ccc2ncn(CCc3c[nH]c4ccccc34)c(=O)c2c1)C1CCOCC1.